The Morgan fingerprint density at radius 1 is 1.31 bits per heavy atom. The summed E-state index contributed by atoms with van der Waals surface area (Å²) in [7, 11) is 0. The smallest absolute Gasteiger partial charge is 0.254 e. The molecule has 1 aromatic carbocycles. The van der Waals surface area contributed by atoms with Gasteiger partial charge in [0.05, 0.1) is 22.3 Å². The van der Waals surface area contributed by atoms with Crippen LogP contribution in [0.1, 0.15) is 28.9 Å². The van der Waals surface area contributed by atoms with Crippen LogP contribution in [0.4, 0.5) is 0 Å². The van der Waals surface area contributed by atoms with E-state index < -0.39 is 0 Å². The van der Waals surface area contributed by atoms with Crippen LogP contribution in [0.3, 0.4) is 0 Å². The van der Waals surface area contributed by atoms with E-state index in [4.69, 9.17) is 10.00 Å². The lowest BCUT2D eigenvalue weighted by atomic mass is 10.1. The molecule has 1 fully saturated rings. The number of carbonyl (C=O) groups is 1. The largest absolute Gasteiger partial charge is 0.470 e. The molecule has 1 unspecified atom stereocenters. The van der Waals surface area contributed by atoms with Crippen molar-refractivity contribution >= 4 is 27.5 Å². The van der Waals surface area contributed by atoms with Crippen molar-refractivity contribution in [3.63, 3.8) is 0 Å². The van der Waals surface area contributed by atoms with Gasteiger partial charge in [0.25, 0.3) is 11.8 Å². The van der Waals surface area contributed by atoms with E-state index in [1.807, 2.05) is 24.3 Å². The summed E-state index contributed by atoms with van der Waals surface area (Å²) in [4.78, 5) is 26.9. The van der Waals surface area contributed by atoms with E-state index in [-0.39, 0.29) is 23.6 Å². The third kappa shape index (κ3) is 3.21. The third-order valence-electron chi connectivity index (χ3n) is 4.29. The molecule has 0 N–H and O–H groups in total. The quantitative estimate of drug-likeness (QED) is 0.708. The monoisotopic (exact) mass is 365 g/mol. The van der Waals surface area contributed by atoms with Gasteiger partial charge in [0.2, 0.25) is 5.69 Å². The minimum absolute atomic E-state index is 0.0201. The molecule has 3 heterocycles. The number of rotatable bonds is 3. The SMILES string of the molecule is N#Cc1nccnc1OC1CCCN(C(=O)c2ccc3ncsc3c2)C1. The number of fused-ring (bicyclic) bond motifs is 1. The van der Waals surface area contributed by atoms with Crippen molar-refractivity contribution in [1.29, 1.82) is 5.26 Å². The molecular weight excluding hydrogens is 350 g/mol. The fraction of sp³-hybridized carbons (Fsp3) is 0.278. The number of hydrogen-bond acceptors (Lipinski definition) is 7. The Bertz CT molecular complexity index is 996. The maximum atomic E-state index is 12.9. The van der Waals surface area contributed by atoms with E-state index in [1.54, 1.807) is 10.4 Å². The Labute approximate surface area is 153 Å². The van der Waals surface area contributed by atoms with Gasteiger partial charge in [-0.1, -0.05) is 0 Å². The zero-order valence-electron chi connectivity index (χ0n) is 13.8. The molecule has 1 aliphatic heterocycles. The molecule has 0 spiro atoms. The van der Waals surface area contributed by atoms with Gasteiger partial charge in [0, 0.05) is 24.5 Å². The van der Waals surface area contributed by atoms with Crippen molar-refractivity contribution in [2.24, 2.45) is 0 Å². The summed E-state index contributed by atoms with van der Waals surface area (Å²) in [6.07, 6.45) is 4.38. The second-order valence-corrected chi connectivity index (χ2v) is 6.88. The lowest BCUT2D eigenvalue weighted by molar-refractivity contribution is 0.0526. The standard InChI is InChI=1S/C18H15N5O2S/c19-9-15-17(21-6-5-20-15)25-13-2-1-7-23(10-13)18(24)12-3-4-14-16(8-12)26-11-22-14/h3-6,8,11,13H,1-2,7,10H2. The molecule has 1 saturated heterocycles. The van der Waals surface area contributed by atoms with Crippen LogP contribution in [0.5, 0.6) is 5.88 Å². The Morgan fingerprint density at radius 2 is 2.19 bits per heavy atom. The highest BCUT2D eigenvalue weighted by Gasteiger charge is 2.27. The van der Waals surface area contributed by atoms with Crippen molar-refractivity contribution in [3.05, 3.63) is 47.4 Å². The van der Waals surface area contributed by atoms with Crippen LogP contribution in [0.2, 0.25) is 0 Å². The number of nitrogens with zero attached hydrogens (tertiary/aromatic N) is 5. The summed E-state index contributed by atoms with van der Waals surface area (Å²) in [5.74, 6) is 0.202. The Morgan fingerprint density at radius 3 is 3.08 bits per heavy atom. The van der Waals surface area contributed by atoms with E-state index in [9.17, 15) is 4.79 Å². The summed E-state index contributed by atoms with van der Waals surface area (Å²) >= 11 is 1.52. The molecule has 0 bridgehead atoms. The summed E-state index contributed by atoms with van der Waals surface area (Å²) < 4.78 is 6.85. The van der Waals surface area contributed by atoms with Crippen molar-refractivity contribution in [2.45, 2.75) is 18.9 Å². The van der Waals surface area contributed by atoms with E-state index in [0.717, 1.165) is 23.1 Å². The van der Waals surface area contributed by atoms with Crippen LogP contribution in [0, 0.1) is 11.3 Å². The van der Waals surface area contributed by atoms with E-state index in [0.29, 0.717) is 18.7 Å². The fourth-order valence-electron chi connectivity index (χ4n) is 3.04. The van der Waals surface area contributed by atoms with Gasteiger partial charge < -0.3 is 9.64 Å². The van der Waals surface area contributed by atoms with Crippen LogP contribution < -0.4 is 4.74 Å². The zero-order chi connectivity index (χ0) is 17.9. The number of ether oxygens (including phenoxy) is 1. The van der Waals surface area contributed by atoms with Crippen LogP contribution in [-0.2, 0) is 0 Å². The number of amides is 1. The molecule has 0 radical (unpaired) electrons. The predicted octanol–water partition coefficient (Wildman–Crippen LogP) is 2.64. The van der Waals surface area contributed by atoms with E-state index >= 15 is 0 Å². The molecule has 0 saturated carbocycles. The minimum atomic E-state index is -0.205. The van der Waals surface area contributed by atoms with Crippen LogP contribution in [-0.4, -0.2) is 45.0 Å². The predicted molar refractivity (Wildman–Crippen MR) is 95.9 cm³/mol. The topological polar surface area (TPSA) is 92.0 Å². The van der Waals surface area contributed by atoms with Crippen molar-refractivity contribution in [3.8, 4) is 11.9 Å². The molecule has 1 atom stereocenters. The summed E-state index contributed by atoms with van der Waals surface area (Å²) in [5.41, 5.74) is 3.49. The summed E-state index contributed by atoms with van der Waals surface area (Å²) in [5, 5.41) is 9.10. The first-order valence-corrected chi connectivity index (χ1v) is 9.13. The average molecular weight is 365 g/mol. The first-order valence-electron chi connectivity index (χ1n) is 8.25. The highest BCUT2D eigenvalue weighted by atomic mass is 32.1. The molecule has 4 rings (SSSR count). The first kappa shape index (κ1) is 16.4. The first-order chi connectivity index (χ1) is 12.7. The molecular formula is C18H15N5O2S. The normalized spacial score (nSPS) is 17.0. The van der Waals surface area contributed by atoms with E-state index in [1.165, 1.54) is 23.7 Å². The number of thiazole rings is 1. The van der Waals surface area contributed by atoms with Gasteiger partial charge in [0.15, 0.2) is 0 Å². The van der Waals surface area contributed by atoms with Crippen LogP contribution in [0.15, 0.2) is 36.1 Å². The Hall–Kier alpha value is -3.05. The van der Waals surface area contributed by atoms with Gasteiger partial charge in [0.1, 0.15) is 12.2 Å². The molecule has 8 heteroatoms. The third-order valence-corrected chi connectivity index (χ3v) is 5.08. The lowest BCUT2D eigenvalue weighted by Crippen LogP contribution is -2.44. The van der Waals surface area contributed by atoms with Gasteiger partial charge >= 0.3 is 0 Å². The Kier molecular flexibility index (Phi) is 4.46. The summed E-state index contributed by atoms with van der Waals surface area (Å²) in [6.45, 7) is 1.14. The maximum absolute atomic E-state index is 12.9. The lowest BCUT2D eigenvalue weighted by Gasteiger charge is -2.32. The minimum Gasteiger partial charge on any atom is -0.470 e. The molecule has 130 valence electrons. The van der Waals surface area contributed by atoms with Crippen molar-refractivity contribution in [2.75, 3.05) is 13.1 Å². The van der Waals surface area contributed by atoms with Crippen LogP contribution in [0.25, 0.3) is 10.2 Å². The molecule has 7 nitrogen and oxygen atoms in total. The Balaban J connectivity index is 1.49. The average Bonchev–Trinajstić information content (AvgIpc) is 3.16. The second kappa shape index (κ2) is 7.06. The molecule has 1 amide bonds. The summed E-state index contributed by atoms with van der Waals surface area (Å²) in [6, 6.07) is 7.54. The molecule has 1 aliphatic rings. The van der Waals surface area contributed by atoms with E-state index in [2.05, 4.69) is 15.0 Å². The van der Waals surface area contributed by atoms with Gasteiger partial charge in [-0.2, -0.15) is 5.26 Å². The number of nitriles is 1. The van der Waals surface area contributed by atoms with Crippen LogP contribution >= 0.6 is 11.3 Å². The molecule has 2 aromatic heterocycles. The number of hydrogen-bond donors (Lipinski definition) is 0. The number of likely N-dealkylation sites (tertiary alicyclic amines) is 1. The van der Waals surface area contributed by atoms with Crippen molar-refractivity contribution < 1.29 is 9.53 Å². The molecule has 0 aliphatic carbocycles. The number of aromatic nitrogens is 3. The zero-order valence-corrected chi connectivity index (χ0v) is 14.6. The van der Waals surface area contributed by atoms with Gasteiger partial charge in [-0.15, -0.1) is 11.3 Å². The molecule has 3 aromatic rings. The number of benzene rings is 1. The highest BCUT2D eigenvalue weighted by Crippen LogP contribution is 2.23. The van der Waals surface area contributed by atoms with Gasteiger partial charge in [-0.25, -0.2) is 15.0 Å². The number of piperidine rings is 1. The van der Waals surface area contributed by atoms with Crippen molar-refractivity contribution in [1.82, 2.24) is 19.9 Å². The van der Waals surface area contributed by atoms with Gasteiger partial charge in [-0.3, -0.25) is 4.79 Å². The highest BCUT2D eigenvalue weighted by molar-refractivity contribution is 7.16. The molecule has 26 heavy (non-hydrogen) atoms. The maximum Gasteiger partial charge on any atom is 0.254 e. The fourth-order valence-corrected chi connectivity index (χ4v) is 3.75. The van der Waals surface area contributed by atoms with Gasteiger partial charge in [-0.05, 0) is 31.0 Å². The second-order valence-electron chi connectivity index (χ2n) is 5.99. The number of carbonyl (C=O) groups excluding carboxylic acids is 1.